The van der Waals surface area contributed by atoms with Gasteiger partial charge in [0.15, 0.2) is 0 Å². The molecule has 0 unspecified atom stereocenters. The van der Waals surface area contributed by atoms with Crippen molar-refractivity contribution in [2.75, 3.05) is 18.0 Å². The lowest BCUT2D eigenvalue weighted by molar-refractivity contribution is -0.137. The van der Waals surface area contributed by atoms with Crippen molar-refractivity contribution in [3.63, 3.8) is 0 Å². The molecule has 1 fully saturated rings. The van der Waals surface area contributed by atoms with Crippen LogP contribution in [0.4, 0.5) is 23.7 Å². The van der Waals surface area contributed by atoms with E-state index in [1.54, 1.807) is 0 Å². The second-order valence-electron chi connectivity index (χ2n) is 3.55. The SMILES string of the molecule is O=C1NCCN1c1cc(C(F)(F)F)ccc1Br. The maximum Gasteiger partial charge on any atom is 0.416 e. The molecule has 1 aliphatic rings. The number of urea groups is 1. The Kier molecular flexibility index (Phi) is 3.03. The van der Waals surface area contributed by atoms with Gasteiger partial charge in [-0.1, -0.05) is 0 Å². The molecule has 7 heteroatoms. The van der Waals surface area contributed by atoms with Crippen molar-refractivity contribution in [1.82, 2.24) is 5.32 Å². The van der Waals surface area contributed by atoms with Gasteiger partial charge in [-0.25, -0.2) is 4.79 Å². The van der Waals surface area contributed by atoms with Crippen LogP contribution < -0.4 is 10.2 Å². The molecule has 92 valence electrons. The summed E-state index contributed by atoms with van der Waals surface area (Å²) in [5.74, 6) is 0. The fourth-order valence-corrected chi connectivity index (χ4v) is 2.06. The van der Waals surface area contributed by atoms with Crippen LogP contribution >= 0.6 is 15.9 Å². The van der Waals surface area contributed by atoms with E-state index in [1.165, 1.54) is 11.0 Å². The molecule has 0 saturated carbocycles. The quantitative estimate of drug-likeness (QED) is 0.850. The summed E-state index contributed by atoms with van der Waals surface area (Å²) in [6, 6.07) is 2.85. The summed E-state index contributed by atoms with van der Waals surface area (Å²) < 4.78 is 38.1. The van der Waals surface area contributed by atoms with Gasteiger partial charge in [0.25, 0.3) is 0 Å². The van der Waals surface area contributed by atoms with Crippen molar-refractivity contribution < 1.29 is 18.0 Å². The van der Waals surface area contributed by atoms with Crippen LogP contribution in [0.25, 0.3) is 0 Å². The van der Waals surface area contributed by atoms with Crippen LogP contribution in [0, 0.1) is 0 Å². The van der Waals surface area contributed by atoms with Gasteiger partial charge in [-0.3, -0.25) is 4.90 Å². The van der Waals surface area contributed by atoms with Gasteiger partial charge in [0.2, 0.25) is 0 Å². The molecule has 0 radical (unpaired) electrons. The van der Waals surface area contributed by atoms with Gasteiger partial charge in [-0.2, -0.15) is 13.2 Å². The molecule has 17 heavy (non-hydrogen) atoms. The monoisotopic (exact) mass is 308 g/mol. The number of hydrogen-bond donors (Lipinski definition) is 1. The van der Waals surface area contributed by atoms with Crippen LogP contribution in [-0.4, -0.2) is 19.1 Å². The van der Waals surface area contributed by atoms with E-state index < -0.39 is 11.7 Å². The number of nitrogens with one attached hydrogen (secondary N) is 1. The summed E-state index contributed by atoms with van der Waals surface area (Å²) in [5, 5.41) is 2.54. The zero-order valence-corrected chi connectivity index (χ0v) is 10.1. The van der Waals surface area contributed by atoms with Crippen molar-refractivity contribution in [1.29, 1.82) is 0 Å². The summed E-state index contributed by atoms with van der Waals surface area (Å²) in [7, 11) is 0. The average molecular weight is 309 g/mol. The van der Waals surface area contributed by atoms with Gasteiger partial charge in [0.05, 0.1) is 11.3 Å². The molecule has 3 nitrogen and oxygen atoms in total. The highest BCUT2D eigenvalue weighted by Gasteiger charge is 2.32. The van der Waals surface area contributed by atoms with Gasteiger partial charge < -0.3 is 5.32 Å². The predicted octanol–water partition coefficient (Wildman–Crippen LogP) is 3.00. The smallest absolute Gasteiger partial charge is 0.336 e. The topological polar surface area (TPSA) is 32.3 Å². The van der Waals surface area contributed by atoms with Gasteiger partial charge in [-0.05, 0) is 34.1 Å². The fourth-order valence-electron chi connectivity index (χ4n) is 1.60. The second kappa shape index (κ2) is 4.21. The van der Waals surface area contributed by atoms with E-state index in [-0.39, 0.29) is 11.7 Å². The van der Waals surface area contributed by atoms with E-state index in [4.69, 9.17) is 0 Å². The normalized spacial score (nSPS) is 16.2. The van der Waals surface area contributed by atoms with Crippen molar-refractivity contribution in [3.05, 3.63) is 28.2 Å². The van der Waals surface area contributed by atoms with Gasteiger partial charge >= 0.3 is 12.2 Å². The minimum absolute atomic E-state index is 0.231. The Hall–Kier alpha value is -1.24. The molecular formula is C10H8BrF3N2O. The summed E-state index contributed by atoms with van der Waals surface area (Å²) in [5.41, 5.74) is -0.537. The first kappa shape index (κ1) is 12.2. The lowest BCUT2D eigenvalue weighted by Gasteiger charge is -2.18. The molecule has 1 N–H and O–H groups in total. The third-order valence-corrected chi connectivity index (χ3v) is 3.09. The van der Waals surface area contributed by atoms with Gasteiger partial charge in [0, 0.05) is 17.6 Å². The largest absolute Gasteiger partial charge is 0.416 e. The first-order valence-corrected chi connectivity index (χ1v) is 5.61. The summed E-state index contributed by atoms with van der Waals surface area (Å²) in [6.07, 6.45) is -4.41. The van der Waals surface area contributed by atoms with Crippen molar-refractivity contribution in [3.8, 4) is 0 Å². The van der Waals surface area contributed by atoms with Crippen LogP contribution in [0.3, 0.4) is 0 Å². The van der Waals surface area contributed by atoms with Crippen molar-refractivity contribution >= 4 is 27.6 Å². The zero-order chi connectivity index (χ0) is 12.6. The molecule has 1 heterocycles. The number of hydrogen-bond acceptors (Lipinski definition) is 1. The Morgan fingerprint density at radius 3 is 2.59 bits per heavy atom. The molecule has 2 amide bonds. The molecule has 0 aliphatic carbocycles. The maximum absolute atomic E-state index is 12.5. The molecule has 1 aromatic rings. The Morgan fingerprint density at radius 1 is 1.35 bits per heavy atom. The number of carbonyl (C=O) groups is 1. The lowest BCUT2D eigenvalue weighted by atomic mass is 10.2. The highest BCUT2D eigenvalue weighted by atomic mass is 79.9. The molecule has 1 saturated heterocycles. The van der Waals surface area contributed by atoms with Gasteiger partial charge in [-0.15, -0.1) is 0 Å². The van der Waals surface area contributed by atoms with E-state index >= 15 is 0 Å². The Labute approximate surface area is 104 Å². The van der Waals surface area contributed by atoms with E-state index in [0.29, 0.717) is 17.6 Å². The summed E-state index contributed by atoms with van der Waals surface area (Å²) in [6.45, 7) is 0.792. The van der Waals surface area contributed by atoms with Crippen LogP contribution in [0.15, 0.2) is 22.7 Å². The standard InChI is InChI=1S/C10H8BrF3N2O/c11-7-2-1-6(10(12,13)14)5-8(7)16-4-3-15-9(16)17/h1-2,5H,3-4H2,(H,15,17). The highest BCUT2D eigenvalue weighted by Crippen LogP contribution is 2.35. The molecule has 0 bridgehead atoms. The number of halogens is 4. The Morgan fingerprint density at radius 2 is 2.06 bits per heavy atom. The number of alkyl halides is 3. The number of benzene rings is 1. The fraction of sp³-hybridized carbons (Fsp3) is 0.300. The summed E-state index contributed by atoms with van der Waals surface area (Å²) >= 11 is 3.15. The number of rotatable bonds is 1. The molecule has 2 rings (SSSR count). The number of anilines is 1. The number of carbonyl (C=O) groups excluding carboxylic acids is 1. The maximum atomic E-state index is 12.5. The van der Waals surface area contributed by atoms with E-state index in [0.717, 1.165) is 12.1 Å². The molecule has 0 atom stereocenters. The number of amides is 2. The minimum Gasteiger partial charge on any atom is -0.336 e. The Balaban J connectivity index is 2.42. The van der Waals surface area contributed by atoms with Crippen LogP contribution in [0.1, 0.15) is 5.56 Å². The predicted molar refractivity (Wildman–Crippen MR) is 59.9 cm³/mol. The second-order valence-corrected chi connectivity index (χ2v) is 4.40. The zero-order valence-electron chi connectivity index (χ0n) is 8.51. The van der Waals surface area contributed by atoms with Crippen molar-refractivity contribution in [2.24, 2.45) is 0 Å². The molecule has 0 aromatic heterocycles. The third-order valence-electron chi connectivity index (χ3n) is 2.42. The highest BCUT2D eigenvalue weighted by molar-refractivity contribution is 9.10. The van der Waals surface area contributed by atoms with Crippen LogP contribution in [-0.2, 0) is 6.18 Å². The van der Waals surface area contributed by atoms with E-state index in [1.807, 2.05) is 0 Å². The van der Waals surface area contributed by atoms with E-state index in [9.17, 15) is 18.0 Å². The third kappa shape index (κ3) is 2.38. The first-order valence-electron chi connectivity index (χ1n) is 4.82. The molecule has 1 aliphatic heterocycles. The first-order chi connectivity index (χ1) is 7.89. The molecular weight excluding hydrogens is 301 g/mol. The van der Waals surface area contributed by atoms with Crippen LogP contribution in [0.5, 0.6) is 0 Å². The van der Waals surface area contributed by atoms with Gasteiger partial charge in [0.1, 0.15) is 0 Å². The lowest BCUT2D eigenvalue weighted by Crippen LogP contribution is -2.28. The number of nitrogens with zero attached hydrogens (tertiary/aromatic N) is 1. The average Bonchev–Trinajstić information content (AvgIpc) is 2.63. The van der Waals surface area contributed by atoms with Crippen LogP contribution in [0.2, 0.25) is 0 Å². The molecule has 0 spiro atoms. The Bertz CT molecular complexity index is 461. The van der Waals surface area contributed by atoms with E-state index in [2.05, 4.69) is 21.2 Å². The van der Waals surface area contributed by atoms with Crippen molar-refractivity contribution in [2.45, 2.75) is 6.18 Å². The molecule has 1 aromatic carbocycles. The summed E-state index contributed by atoms with van der Waals surface area (Å²) in [4.78, 5) is 12.7. The minimum atomic E-state index is -4.41.